The fraction of sp³-hybridized carbons (Fsp3) is 0.200. The quantitative estimate of drug-likeness (QED) is 0.288. The number of nitrogens with zero attached hydrogens (tertiary/aromatic N) is 1. The number of carbonyl (C=O) groups excluding carboxylic acids is 1. The van der Waals surface area contributed by atoms with Gasteiger partial charge < -0.3 is 14.5 Å². The Kier molecular flexibility index (Phi) is 6.84. The second-order valence-electron chi connectivity index (χ2n) is 7.68. The summed E-state index contributed by atoms with van der Waals surface area (Å²) in [5.74, 6) is 0.763. The van der Waals surface area contributed by atoms with Crippen molar-refractivity contribution < 1.29 is 13.9 Å². The number of oxazole rings is 1. The highest BCUT2D eigenvalue weighted by molar-refractivity contribution is 6.38. The van der Waals surface area contributed by atoms with E-state index in [1.165, 1.54) is 24.8 Å². The predicted octanol–water partition coefficient (Wildman–Crippen LogP) is 8.23. The highest BCUT2D eigenvalue weighted by Gasteiger charge is 2.17. The minimum atomic E-state index is -0.420. The first kappa shape index (κ1) is 23.4. The number of anilines is 1. The Bertz CT molecular complexity index is 1330. The number of hydrogen-bond donors (Lipinski definition) is 1. The molecule has 0 aliphatic heterocycles. The Balaban J connectivity index is 1.64. The number of aromatic nitrogens is 1. The molecule has 4 rings (SSSR count). The lowest BCUT2D eigenvalue weighted by molar-refractivity contribution is 0.102. The first-order valence-electron chi connectivity index (χ1n) is 10.4. The summed E-state index contributed by atoms with van der Waals surface area (Å²) in [4.78, 5) is 17.5. The molecule has 0 unspecified atom stereocenters. The van der Waals surface area contributed by atoms with Crippen LogP contribution in [0.1, 0.15) is 42.1 Å². The van der Waals surface area contributed by atoms with E-state index >= 15 is 0 Å². The van der Waals surface area contributed by atoms with Crippen LogP contribution in [0.3, 0.4) is 0 Å². The van der Waals surface area contributed by atoms with E-state index in [2.05, 4.69) is 30.2 Å². The maximum atomic E-state index is 12.8. The maximum Gasteiger partial charge on any atom is 0.255 e. The van der Waals surface area contributed by atoms with Crippen molar-refractivity contribution in [1.29, 1.82) is 0 Å². The van der Waals surface area contributed by atoms with Crippen molar-refractivity contribution in [2.24, 2.45) is 0 Å². The molecule has 8 heteroatoms. The van der Waals surface area contributed by atoms with Crippen LogP contribution in [0.15, 0.2) is 52.9 Å². The second-order valence-corrected chi connectivity index (χ2v) is 8.90. The summed E-state index contributed by atoms with van der Waals surface area (Å²) in [5.41, 5.74) is 4.05. The molecular weight excluding hydrogens is 483 g/mol. The molecule has 1 atom stereocenters. The van der Waals surface area contributed by atoms with Gasteiger partial charge in [0.05, 0.1) is 27.9 Å². The van der Waals surface area contributed by atoms with Gasteiger partial charge in [-0.05, 0) is 60.4 Å². The highest BCUT2D eigenvalue weighted by Crippen LogP contribution is 2.35. The SMILES string of the molecule is CC[C@@H](C)c1ccc2oc(-c3ccc(Cl)c(NC(=O)c4cc(Cl)c(OC)c(Cl)c4)c3)nc2c1. The molecule has 0 fully saturated rings. The van der Waals surface area contributed by atoms with Crippen LogP contribution >= 0.6 is 34.8 Å². The zero-order valence-corrected chi connectivity index (χ0v) is 20.5. The summed E-state index contributed by atoms with van der Waals surface area (Å²) in [6.07, 6.45) is 1.04. The molecule has 0 aliphatic rings. The minimum absolute atomic E-state index is 0.234. The minimum Gasteiger partial charge on any atom is -0.494 e. The first-order valence-corrected chi connectivity index (χ1v) is 11.5. The normalized spacial score (nSPS) is 12.1. The van der Waals surface area contributed by atoms with E-state index in [1.807, 2.05) is 12.1 Å². The van der Waals surface area contributed by atoms with Gasteiger partial charge in [0.1, 0.15) is 5.52 Å². The molecule has 1 N–H and O–H groups in total. The summed E-state index contributed by atoms with van der Waals surface area (Å²) in [6.45, 7) is 4.33. The van der Waals surface area contributed by atoms with E-state index in [0.717, 1.165) is 11.9 Å². The zero-order chi connectivity index (χ0) is 23.7. The van der Waals surface area contributed by atoms with E-state index < -0.39 is 5.91 Å². The average Bonchev–Trinajstić information content (AvgIpc) is 3.23. The standard InChI is InChI=1S/C25H21Cl3N2O3/c1-4-13(2)14-6-8-22-21(11-14)30-25(33-22)15-5-7-17(26)20(12-15)29-24(31)16-9-18(27)23(32-3)19(28)10-16/h5-13H,4H2,1-3H3,(H,29,31)/t13-/m1/s1. The number of ether oxygens (including phenoxy) is 1. The smallest absolute Gasteiger partial charge is 0.255 e. The number of methoxy groups -OCH3 is 1. The molecule has 1 heterocycles. The van der Waals surface area contributed by atoms with Crippen molar-refractivity contribution in [2.75, 3.05) is 12.4 Å². The van der Waals surface area contributed by atoms with Gasteiger partial charge in [0.2, 0.25) is 5.89 Å². The monoisotopic (exact) mass is 502 g/mol. The van der Waals surface area contributed by atoms with Gasteiger partial charge in [-0.2, -0.15) is 0 Å². The Morgan fingerprint density at radius 3 is 2.45 bits per heavy atom. The van der Waals surface area contributed by atoms with Crippen LogP contribution in [0.5, 0.6) is 5.75 Å². The summed E-state index contributed by atoms with van der Waals surface area (Å²) in [7, 11) is 1.45. The number of nitrogens with one attached hydrogen (secondary N) is 1. The van der Waals surface area contributed by atoms with Crippen LogP contribution in [-0.2, 0) is 0 Å². The van der Waals surface area contributed by atoms with Crippen LogP contribution in [0.25, 0.3) is 22.6 Å². The number of carbonyl (C=O) groups is 1. The third-order valence-electron chi connectivity index (χ3n) is 5.52. The van der Waals surface area contributed by atoms with Gasteiger partial charge in [-0.15, -0.1) is 0 Å². The van der Waals surface area contributed by atoms with E-state index in [9.17, 15) is 4.79 Å². The molecule has 0 aliphatic carbocycles. The van der Waals surface area contributed by atoms with Crippen molar-refractivity contribution in [3.05, 3.63) is 74.7 Å². The molecule has 0 saturated heterocycles. The van der Waals surface area contributed by atoms with Crippen molar-refractivity contribution in [1.82, 2.24) is 4.98 Å². The topological polar surface area (TPSA) is 64.4 Å². The van der Waals surface area contributed by atoms with Crippen molar-refractivity contribution in [3.8, 4) is 17.2 Å². The number of amides is 1. The van der Waals surface area contributed by atoms with Gasteiger partial charge in [0, 0.05) is 11.1 Å². The lowest BCUT2D eigenvalue weighted by Gasteiger charge is -2.11. The third kappa shape index (κ3) is 4.81. The first-order chi connectivity index (χ1) is 15.8. The van der Waals surface area contributed by atoms with E-state index in [4.69, 9.17) is 44.0 Å². The Labute approximate surface area is 206 Å². The average molecular weight is 504 g/mol. The number of hydrogen-bond acceptors (Lipinski definition) is 4. The number of halogens is 3. The van der Waals surface area contributed by atoms with Crippen LogP contribution < -0.4 is 10.1 Å². The largest absolute Gasteiger partial charge is 0.494 e. The molecule has 0 spiro atoms. The zero-order valence-electron chi connectivity index (χ0n) is 18.2. The Morgan fingerprint density at radius 2 is 1.79 bits per heavy atom. The van der Waals surface area contributed by atoms with E-state index in [-0.39, 0.29) is 15.6 Å². The molecule has 33 heavy (non-hydrogen) atoms. The number of benzene rings is 3. The van der Waals surface area contributed by atoms with Gasteiger partial charge in [-0.25, -0.2) is 4.98 Å². The Hall–Kier alpha value is -2.73. The third-order valence-corrected chi connectivity index (χ3v) is 6.41. The molecule has 170 valence electrons. The van der Waals surface area contributed by atoms with Crippen LogP contribution in [0, 0.1) is 0 Å². The second kappa shape index (κ2) is 9.64. The van der Waals surface area contributed by atoms with Crippen molar-refractivity contribution >= 4 is 57.5 Å². The molecule has 1 amide bonds. The van der Waals surface area contributed by atoms with Crippen LogP contribution in [0.4, 0.5) is 5.69 Å². The molecule has 1 aromatic heterocycles. The van der Waals surface area contributed by atoms with Gasteiger partial charge in [0.15, 0.2) is 11.3 Å². The van der Waals surface area contributed by atoms with Crippen molar-refractivity contribution in [2.45, 2.75) is 26.2 Å². The summed E-state index contributed by atoms with van der Waals surface area (Å²) < 4.78 is 11.1. The lowest BCUT2D eigenvalue weighted by Crippen LogP contribution is -2.12. The fourth-order valence-corrected chi connectivity index (χ4v) is 4.25. The molecular formula is C25H21Cl3N2O3. The van der Waals surface area contributed by atoms with E-state index in [0.29, 0.717) is 39.4 Å². The van der Waals surface area contributed by atoms with Gasteiger partial charge in [-0.3, -0.25) is 4.79 Å². The lowest BCUT2D eigenvalue weighted by atomic mass is 9.98. The summed E-state index contributed by atoms with van der Waals surface area (Å²) in [5, 5.41) is 3.63. The van der Waals surface area contributed by atoms with Gasteiger partial charge in [-0.1, -0.05) is 54.7 Å². The molecule has 0 bridgehead atoms. The van der Waals surface area contributed by atoms with E-state index in [1.54, 1.807) is 18.2 Å². The molecule has 5 nitrogen and oxygen atoms in total. The molecule has 0 saturated carbocycles. The molecule has 4 aromatic rings. The van der Waals surface area contributed by atoms with Gasteiger partial charge in [0.25, 0.3) is 5.91 Å². The van der Waals surface area contributed by atoms with Crippen LogP contribution in [0.2, 0.25) is 15.1 Å². The van der Waals surface area contributed by atoms with Gasteiger partial charge >= 0.3 is 0 Å². The number of fused-ring (bicyclic) bond motifs is 1. The highest BCUT2D eigenvalue weighted by atomic mass is 35.5. The predicted molar refractivity (Wildman–Crippen MR) is 134 cm³/mol. The molecule has 0 radical (unpaired) electrons. The summed E-state index contributed by atoms with van der Waals surface area (Å²) >= 11 is 18.7. The fourth-order valence-electron chi connectivity index (χ4n) is 3.44. The van der Waals surface area contributed by atoms with Crippen LogP contribution in [-0.4, -0.2) is 18.0 Å². The summed E-state index contributed by atoms with van der Waals surface area (Å²) in [6, 6.07) is 14.2. The maximum absolute atomic E-state index is 12.8. The van der Waals surface area contributed by atoms with Crippen molar-refractivity contribution in [3.63, 3.8) is 0 Å². The Morgan fingerprint density at radius 1 is 1.06 bits per heavy atom. The number of rotatable bonds is 6. The molecule has 3 aromatic carbocycles.